The molecule has 1 aliphatic heterocycles. The molecule has 0 radical (unpaired) electrons. The van der Waals surface area contributed by atoms with E-state index in [1.165, 1.54) is 16.2 Å². The van der Waals surface area contributed by atoms with Crippen LogP contribution in [0.4, 0.5) is 0 Å². The standard InChI is InChI=1S/C12H16BrN3O2S.ClH/c1-15(12(18)11-9(13)2-7-19-11)8-10(17)16-5-3-14-4-6-16;/h2,7,14H,3-6,8H2,1H3;1H. The SMILES string of the molecule is CN(CC(=O)N1CCNCC1)C(=O)c1sccc1Br.Cl. The topological polar surface area (TPSA) is 52.7 Å². The summed E-state index contributed by atoms with van der Waals surface area (Å²) in [5.74, 6) is -0.115. The number of carbonyl (C=O) groups excluding carboxylic acids is 2. The van der Waals surface area contributed by atoms with Gasteiger partial charge in [0.05, 0.1) is 6.54 Å². The van der Waals surface area contributed by atoms with Gasteiger partial charge in [0.15, 0.2) is 0 Å². The number of amides is 2. The predicted octanol–water partition coefficient (Wildman–Crippen LogP) is 1.44. The zero-order chi connectivity index (χ0) is 13.8. The fourth-order valence-electron chi connectivity index (χ4n) is 1.91. The summed E-state index contributed by atoms with van der Waals surface area (Å²) >= 11 is 4.71. The lowest BCUT2D eigenvalue weighted by Gasteiger charge is -2.29. The fraction of sp³-hybridized carbons (Fsp3) is 0.500. The Morgan fingerprint density at radius 1 is 1.45 bits per heavy atom. The van der Waals surface area contributed by atoms with Crippen LogP contribution in [-0.2, 0) is 4.79 Å². The zero-order valence-corrected chi connectivity index (χ0v) is 14.3. The number of thiophene rings is 1. The molecule has 2 rings (SSSR count). The van der Waals surface area contributed by atoms with E-state index in [1.54, 1.807) is 11.9 Å². The maximum Gasteiger partial charge on any atom is 0.265 e. The monoisotopic (exact) mass is 381 g/mol. The lowest BCUT2D eigenvalue weighted by atomic mass is 10.3. The van der Waals surface area contributed by atoms with Crippen LogP contribution in [0.25, 0.3) is 0 Å². The molecule has 8 heteroatoms. The van der Waals surface area contributed by atoms with Gasteiger partial charge in [-0.05, 0) is 27.4 Å². The van der Waals surface area contributed by atoms with Gasteiger partial charge in [-0.25, -0.2) is 0 Å². The molecular weight excluding hydrogens is 366 g/mol. The maximum atomic E-state index is 12.2. The van der Waals surface area contributed by atoms with Crippen LogP contribution in [0.15, 0.2) is 15.9 Å². The quantitative estimate of drug-likeness (QED) is 0.860. The summed E-state index contributed by atoms with van der Waals surface area (Å²) in [4.78, 5) is 28.1. The Morgan fingerprint density at radius 2 is 2.10 bits per heavy atom. The van der Waals surface area contributed by atoms with Crippen molar-refractivity contribution in [3.8, 4) is 0 Å². The number of rotatable bonds is 3. The number of likely N-dealkylation sites (N-methyl/N-ethyl adjacent to an activating group) is 1. The molecule has 1 aromatic heterocycles. The molecule has 2 amide bonds. The maximum absolute atomic E-state index is 12.2. The molecule has 0 aliphatic carbocycles. The Hall–Kier alpha value is -0.630. The predicted molar refractivity (Wildman–Crippen MR) is 85.7 cm³/mol. The lowest BCUT2D eigenvalue weighted by Crippen LogP contribution is -2.49. The third-order valence-corrected chi connectivity index (χ3v) is 4.83. The van der Waals surface area contributed by atoms with Gasteiger partial charge in [-0.3, -0.25) is 9.59 Å². The van der Waals surface area contributed by atoms with Crippen LogP contribution in [0.5, 0.6) is 0 Å². The number of carbonyl (C=O) groups is 2. The number of nitrogens with one attached hydrogen (secondary N) is 1. The third kappa shape index (κ3) is 4.18. The van der Waals surface area contributed by atoms with Crippen molar-refractivity contribution in [1.82, 2.24) is 15.1 Å². The molecule has 1 aliphatic rings. The van der Waals surface area contributed by atoms with Crippen molar-refractivity contribution in [3.05, 3.63) is 20.8 Å². The van der Waals surface area contributed by atoms with Crippen molar-refractivity contribution in [2.24, 2.45) is 0 Å². The molecule has 0 spiro atoms. The van der Waals surface area contributed by atoms with Gasteiger partial charge in [-0.1, -0.05) is 0 Å². The molecule has 20 heavy (non-hydrogen) atoms. The Morgan fingerprint density at radius 3 is 2.65 bits per heavy atom. The molecule has 1 saturated heterocycles. The van der Waals surface area contributed by atoms with E-state index < -0.39 is 0 Å². The van der Waals surface area contributed by atoms with Gasteiger partial charge in [0.1, 0.15) is 4.88 Å². The van der Waals surface area contributed by atoms with E-state index in [4.69, 9.17) is 0 Å². The Balaban J connectivity index is 0.00000200. The van der Waals surface area contributed by atoms with Gasteiger partial charge >= 0.3 is 0 Å². The Bertz CT molecular complexity index is 477. The van der Waals surface area contributed by atoms with Crippen molar-refractivity contribution in [2.75, 3.05) is 39.8 Å². The first kappa shape index (κ1) is 17.4. The first-order valence-corrected chi connectivity index (χ1v) is 7.74. The Labute approximate surface area is 136 Å². The second-order valence-corrected chi connectivity index (χ2v) is 6.16. The van der Waals surface area contributed by atoms with Crippen molar-refractivity contribution >= 4 is 51.5 Å². The van der Waals surface area contributed by atoms with E-state index in [0.29, 0.717) is 18.0 Å². The molecule has 1 N–H and O–H groups in total. The molecule has 112 valence electrons. The van der Waals surface area contributed by atoms with Gasteiger partial charge in [0, 0.05) is 37.7 Å². The molecule has 2 heterocycles. The second kappa shape index (κ2) is 7.97. The molecule has 0 bridgehead atoms. The van der Waals surface area contributed by atoms with E-state index >= 15 is 0 Å². The van der Waals surface area contributed by atoms with Crippen molar-refractivity contribution < 1.29 is 9.59 Å². The number of piperazine rings is 1. The van der Waals surface area contributed by atoms with Gasteiger partial charge < -0.3 is 15.1 Å². The Kier molecular flexibility index (Phi) is 6.94. The number of hydrogen-bond donors (Lipinski definition) is 1. The highest BCUT2D eigenvalue weighted by Crippen LogP contribution is 2.23. The van der Waals surface area contributed by atoms with E-state index in [2.05, 4.69) is 21.2 Å². The summed E-state index contributed by atoms with van der Waals surface area (Å²) in [7, 11) is 1.66. The van der Waals surface area contributed by atoms with Crippen LogP contribution in [0.2, 0.25) is 0 Å². The fourth-order valence-corrected chi connectivity index (χ4v) is 3.44. The minimum Gasteiger partial charge on any atom is -0.339 e. The minimum absolute atomic E-state index is 0. The van der Waals surface area contributed by atoms with Gasteiger partial charge in [0.2, 0.25) is 5.91 Å². The number of nitrogens with zero attached hydrogens (tertiary/aromatic N) is 2. The van der Waals surface area contributed by atoms with Crippen molar-refractivity contribution in [1.29, 1.82) is 0 Å². The first-order valence-electron chi connectivity index (χ1n) is 6.06. The average molecular weight is 383 g/mol. The summed E-state index contributed by atoms with van der Waals surface area (Å²) < 4.78 is 0.781. The molecule has 0 atom stereocenters. The summed E-state index contributed by atoms with van der Waals surface area (Å²) in [5, 5.41) is 5.05. The summed E-state index contributed by atoms with van der Waals surface area (Å²) in [6.07, 6.45) is 0. The summed E-state index contributed by atoms with van der Waals surface area (Å²) in [5.41, 5.74) is 0. The summed E-state index contributed by atoms with van der Waals surface area (Å²) in [6.45, 7) is 3.19. The molecule has 0 aromatic carbocycles. The van der Waals surface area contributed by atoms with E-state index in [1.807, 2.05) is 11.4 Å². The highest BCUT2D eigenvalue weighted by Gasteiger charge is 2.22. The van der Waals surface area contributed by atoms with Crippen LogP contribution in [0.1, 0.15) is 9.67 Å². The minimum atomic E-state index is -0.120. The zero-order valence-electron chi connectivity index (χ0n) is 11.1. The van der Waals surface area contributed by atoms with Crippen molar-refractivity contribution in [2.45, 2.75) is 0 Å². The molecule has 0 saturated carbocycles. The van der Waals surface area contributed by atoms with Crippen LogP contribution >= 0.6 is 39.7 Å². The van der Waals surface area contributed by atoms with Crippen LogP contribution < -0.4 is 5.32 Å². The first-order chi connectivity index (χ1) is 9.09. The highest BCUT2D eigenvalue weighted by molar-refractivity contribution is 9.10. The second-order valence-electron chi connectivity index (χ2n) is 4.39. The number of hydrogen-bond acceptors (Lipinski definition) is 4. The van der Waals surface area contributed by atoms with Crippen LogP contribution in [0, 0.1) is 0 Å². The van der Waals surface area contributed by atoms with Crippen LogP contribution in [-0.4, -0.2) is 61.4 Å². The average Bonchev–Trinajstić information content (AvgIpc) is 2.85. The van der Waals surface area contributed by atoms with E-state index in [-0.39, 0.29) is 30.8 Å². The van der Waals surface area contributed by atoms with E-state index in [0.717, 1.165) is 17.6 Å². The molecule has 0 unspecified atom stereocenters. The molecule has 5 nitrogen and oxygen atoms in total. The molecule has 1 fully saturated rings. The molecular formula is C12H17BrClN3O2S. The number of halogens is 2. The van der Waals surface area contributed by atoms with Gasteiger partial charge in [-0.15, -0.1) is 23.7 Å². The van der Waals surface area contributed by atoms with Crippen LogP contribution in [0.3, 0.4) is 0 Å². The summed E-state index contributed by atoms with van der Waals surface area (Å²) in [6, 6.07) is 1.84. The van der Waals surface area contributed by atoms with Crippen molar-refractivity contribution in [3.63, 3.8) is 0 Å². The largest absolute Gasteiger partial charge is 0.339 e. The highest BCUT2D eigenvalue weighted by atomic mass is 79.9. The third-order valence-electron chi connectivity index (χ3n) is 3.00. The normalized spacial score (nSPS) is 14.6. The van der Waals surface area contributed by atoms with Gasteiger partial charge in [-0.2, -0.15) is 0 Å². The van der Waals surface area contributed by atoms with E-state index in [9.17, 15) is 9.59 Å². The smallest absolute Gasteiger partial charge is 0.265 e. The van der Waals surface area contributed by atoms with Gasteiger partial charge in [0.25, 0.3) is 5.91 Å². The molecule has 1 aromatic rings. The lowest BCUT2D eigenvalue weighted by molar-refractivity contribution is -0.132.